The zero-order valence-corrected chi connectivity index (χ0v) is 14.6. The highest BCUT2D eigenvalue weighted by molar-refractivity contribution is 5.76. The van der Waals surface area contributed by atoms with Crippen molar-refractivity contribution in [2.75, 3.05) is 33.8 Å². The molecular formula is C17H30N4O2. The summed E-state index contributed by atoms with van der Waals surface area (Å²) < 4.78 is 2.02. The molecule has 2 heterocycles. The van der Waals surface area contributed by atoms with Gasteiger partial charge in [0.2, 0.25) is 5.91 Å². The van der Waals surface area contributed by atoms with Crippen molar-refractivity contribution in [3.8, 4) is 0 Å². The number of imidazole rings is 1. The molecule has 1 amide bonds. The SMILES string of the molecule is Cc1nccn1CCC(=O)N1CC[C@H](N(C)C)[C@H](CCCO)C1. The van der Waals surface area contributed by atoms with Gasteiger partial charge in [0.25, 0.3) is 0 Å². The van der Waals surface area contributed by atoms with Crippen LogP contribution in [0.15, 0.2) is 12.4 Å². The average Bonchev–Trinajstić information content (AvgIpc) is 2.95. The highest BCUT2D eigenvalue weighted by Gasteiger charge is 2.32. The van der Waals surface area contributed by atoms with E-state index in [-0.39, 0.29) is 12.5 Å². The zero-order chi connectivity index (χ0) is 16.8. The molecule has 1 fully saturated rings. The first-order chi connectivity index (χ1) is 11.0. The molecule has 23 heavy (non-hydrogen) atoms. The molecule has 0 bridgehead atoms. The molecule has 0 radical (unpaired) electrons. The van der Waals surface area contributed by atoms with Crippen LogP contribution in [0.3, 0.4) is 0 Å². The molecule has 1 aliphatic rings. The predicted octanol–water partition coefficient (Wildman–Crippen LogP) is 1.13. The number of aromatic nitrogens is 2. The number of piperidine rings is 1. The third kappa shape index (κ3) is 4.78. The number of amides is 1. The fourth-order valence-corrected chi connectivity index (χ4v) is 3.58. The van der Waals surface area contributed by atoms with Crippen LogP contribution in [0, 0.1) is 12.8 Å². The Morgan fingerprint density at radius 2 is 2.26 bits per heavy atom. The summed E-state index contributed by atoms with van der Waals surface area (Å²) in [7, 11) is 4.21. The maximum atomic E-state index is 12.5. The van der Waals surface area contributed by atoms with Crippen LogP contribution < -0.4 is 0 Å². The van der Waals surface area contributed by atoms with Crippen molar-refractivity contribution in [2.24, 2.45) is 5.92 Å². The molecule has 1 N–H and O–H groups in total. The van der Waals surface area contributed by atoms with Gasteiger partial charge in [-0.05, 0) is 46.2 Å². The summed E-state index contributed by atoms with van der Waals surface area (Å²) >= 11 is 0. The number of carbonyl (C=O) groups is 1. The highest BCUT2D eigenvalue weighted by atomic mass is 16.3. The van der Waals surface area contributed by atoms with Gasteiger partial charge in [-0.15, -0.1) is 0 Å². The maximum absolute atomic E-state index is 12.5. The lowest BCUT2D eigenvalue weighted by molar-refractivity contribution is -0.134. The number of aliphatic hydroxyl groups excluding tert-OH is 1. The number of aryl methyl sites for hydroxylation is 2. The number of nitrogens with zero attached hydrogens (tertiary/aromatic N) is 4. The largest absolute Gasteiger partial charge is 0.396 e. The maximum Gasteiger partial charge on any atom is 0.224 e. The summed E-state index contributed by atoms with van der Waals surface area (Å²) in [6, 6.07) is 0.501. The number of rotatable bonds is 7. The minimum absolute atomic E-state index is 0.226. The summed E-state index contributed by atoms with van der Waals surface area (Å²) in [6.07, 6.45) is 7.02. The lowest BCUT2D eigenvalue weighted by Crippen LogP contribution is -2.50. The lowest BCUT2D eigenvalue weighted by Gasteiger charge is -2.41. The van der Waals surface area contributed by atoms with E-state index in [1.165, 1.54) is 0 Å². The van der Waals surface area contributed by atoms with Crippen LogP contribution >= 0.6 is 0 Å². The van der Waals surface area contributed by atoms with Gasteiger partial charge in [0.15, 0.2) is 0 Å². The van der Waals surface area contributed by atoms with Crippen molar-refractivity contribution < 1.29 is 9.90 Å². The van der Waals surface area contributed by atoms with Crippen molar-refractivity contribution in [3.05, 3.63) is 18.2 Å². The predicted molar refractivity (Wildman–Crippen MR) is 90.1 cm³/mol. The number of hydrogen-bond donors (Lipinski definition) is 1. The van der Waals surface area contributed by atoms with Gasteiger partial charge < -0.3 is 19.5 Å². The Hall–Kier alpha value is -1.40. The van der Waals surface area contributed by atoms with Gasteiger partial charge in [-0.1, -0.05) is 0 Å². The number of aliphatic hydroxyl groups is 1. The van der Waals surface area contributed by atoms with E-state index in [4.69, 9.17) is 5.11 Å². The van der Waals surface area contributed by atoms with E-state index in [1.54, 1.807) is 6.20 Å². The standard InChI is InChI=1S/C17H30N4O2/c1-14-18-8-11-20(14)10-7-17(23)21-9-6-16(19(2)3)15(13-21)5-4-12-22/h8,11,15-16,22H,4-7,9-10,12-13H2,1-3H3/t15-,16+/m1/s1. The summed E-state index contributed by atoms with van der Waals surface area (Å²) in [4.78, 5) is 21.0. The molecule has 0 unspecified atom stereocenters. The molecule has 1 saturated heterocycles. The Morgan fingerprint density at radius 1 is 1.48 bits per heavy atom. The monoisotopic (exact) mass is 322 g/mol. The number of hydrogen-bond acceptors (Lipinski definition) is 4. The van der Waals surface area contributed by atoms with Gasteiger partial charge in [-0.3, -0.25) is 4.79 Å². The van der Waals surface area contributed by atoms with Gasteiger partial charge in [0.1, 0.15) is 5.82 Å². The molecule has 1 aliphatic heterocycles. The molecule has 1 aromatic heterocycles. The minimum Gasteiger partial charge on any atom is -0.396 e. The molecule has 6 nitrogen and oxygen atoms in total. The van der Waals surface area contributed by atoms with Gasteiger partial charge in [-0.25, -0.2) is 4.98 Å². The van der Waals surface area contributed by atoms with E-state index < -0.39 is 0 Å². The molecule has 6 heteroatoms. The van der Waals surface area contributed by atoms with Crippen molar-refractivity contribution in [1.82, 2.24) is 19.4 Å². The lowest BCUT2D eigenvalue weighted by atomic mass is 9.87. The third-order valence-corrected chi connectivity index (χ3v) is 4.93. The smallest absolute Gasteiger partial charge is 0.224 e. The van der Waals surface area contributed by atoms with Gasteiger partial charge in [0, 0.05) is 51.1 Å². The molecule has 1 aromatic rings. The molecule has 0 aromatic carbocycles. The topological polar surface area (TPSA) is 61.6 Å². The summed E-state index contributed by atoms with van der Waals surface area (Å²) in [5.74, 6) is 1.62. The molecule has 0 saturated carbocycles. The second-order valence-corrected chi connectivity index (χ2v) is 6.70. The quantitative estimate of drug-likeness (QED) is 0.817. The molecular weight excluding hydrogens is 292 g/mol. The van der Waals surface area contributed by atoms with E-state index >= 15 is 0 Å². The summed E-state index contributed by atoms with van der Waals surface area (Å²) in [5, 5.41) is 9.11. The van der Waals surface area contributed by atoms with Crippen LogP contribution in [0.4, 0.5) is 0 Å². The Morgan fingerprint density at radius 3 is 2.87 bits per heavy atom. The molecule has 0 aliphatic carbocycles. The van der Waals surface area contributed by atoms with Crippen molar-refractivity contribution in [3.63, 3.8) is 0 Å². The van der Waals surface area contributed by atoms with Crippen LogP contribution in [0.1, 0.15) is 31.5 Å². The average molecular weight is 322 g/mol. The number of carbonyl (C=O) groups excluding carboxylic acids is 1. The third-order valence-electron chi connectivity index (χ3n) is 4.93. The Labute approximate surface area is 139 Å². The molecule has 2 rings (SSSR count). The first-order valence-electron chi connectivity index (χ1n) is 8.55. The van der Waals surface area contributed by atoms with E-state index in [9.17, 15) is 4.79 Å². The van der Waals surface area contributed by atoms with Gasteiger partial charge in [-0.2, -0.15) is 0 Å². The van der Waals surface area contributed by atoms with E-state index in [1.807, 2.05) is 22.6 Å². The molecule has 130 valence electrons. The Kier molecular flexibility index (Phi) is 6.59. The molecule has 2 atom stereocenters. The first kappa shape index (κ1) is 17.9. The second-order valence-electron chi connectivity index (χ2n) is 6.70. The summed E-state index contributed by atoms with van der Waals surface area (Å²) in [6.45, 7) is 4.52. The molecule has 0 spiro atoms. The fourth-order valence-electron chi connectivity index (χ4n) is 3.58. The van der Waals surface area contributed by atoms with Crippen molar-refractivity contribution in [1.29, 1.82) is 0 Å². The van der Waals surface area contributed by atoms with E-state index in [0.717, 1.165) is 38.2 Å². The Bertz CT molecular complexity index is 501. The van der Waals surface area contributed by atoms with E-state index in [0.29, 0.717) is 24.9 Å². The van der Waals surface area contributed by atoms with Crippen molar-refractivity contribution >= 4 is 5.91 Å². The van der Waals surface area contributed by atoms with Crippen molar-refractivity contribution in [2.45, 2.75) is 45.2 Å². The van der Waals surface area contributed by atoms with Crippen LogP contribution in [0.2, 0.25) is 0 Å². The van der Waals surface area contributed by atoms with Crippen LogP contribution in [-0.2, 0) is 11.3 Å². The number of likely N-dealkylation sites (tertiary alicyclic amines) is 1. The summed E-state index contributed by atoms with van der Waals surface area (Å²) in [5.41, 5.74) is 0. The zero-order valence-electron chi connectivity index (χ0n) is 14.6. The second kappa shape index (κ2) is 8.45. The first-order valence-corrected chi connectivity index (χ1v) is 8.55. The highest BCUT2D eigenvalue weighted by Crippen LogP contribution is 2.25. The van der Waals surface area contributed by atoms with Crippen LogP contribution in [-0.4, -0.2) is 70.2 Å². The normalized spacial score (nSPS) is 21.9. The van der Waals surface area contributed by atoms with Crippen LogP contribution in [0.5, 0.6) is 0 Å². The minimum atomic E-state index is 0.226. The van der Waals surface area contributed by atoms with E-state index in [2.05, 4.69) is 24.0 Å². The van der Waals surface area contributed by atoms with Gasteiger partial charge in [0.05, 0.1) is 0 Å². The fraction of sp³-hybridized carbons (Fsp3) is 0.765. The Balaban J connectivity index is 1.89. The van der Waals surface area contributed by atoms with Crippen LogP contribution in [0.25, 0.3) is 0 Å². The van der Waals surface area contributed by atoms with Gasteiger partial charge >= 0.3 is 0 Å².